The molecule has 0 unspecified atom stereocenters. The van der Waals surface area contributed by atoms with Gasteiger partial charge in [-0.25, -0.2) is 4.68 Å². The predicted octanol–water partition coefficient (Wildman–Crippen LogP) is 4.97. The van der Waals surface area contributed by atoms with Gasteiger partial charge in [0.25, 0.3) is 0 Å². The number of nitrogens with zero attached hydrogens (tertiary/aromatic N) is 5. The highest BCUT2D eigenvalue weighted by atomic mass is 16.5. The number of nitrogens with one attached hydrogen (secondary N) is 1. The molecule has 2 heterocycles. The Morgan fingerprint density at radius 3 is 2.53 bits per heavy atom. The standard InChI is InChI=1S/C34H38N6O3/c1-25-9-5-6-12-27(25)23-39(32(41)24-40-31-14-8-7-13-30(31)36-37-40)33(26-10-3-2-4-11-26)34(42)35-28-15-17-29(18-16-28)38-19-21-43-22-20-38/h2-3,5-9,12-18,26,33H,4,10-11,19-24H2,1H3,(H,35,42)/t26-,33+/m1/s1. The fraction of sp³-hybridized carbons (Fsp3) is 0.353. The first-order valence-corrected chi connectivity index (χ1v) is 15.1. The lowest BCUT2D eigenvalue weighted by Gasteiger charge is -2.37. The molecule has 2 aliphatic rings. The number of ether oxygens (including phenoxy) is 1. The number of hydrogen-bond acceptors (Lipinski definition) is 6. The molecule has 1 fully saturated rings. The summed E-state index contributed by atoms with van der Waals surface area (Å²) in [6.45, 7) is 5.48. The largest absolute Gasteiger partial charge is 0.378 e. The van der Waals surface area contributed by atoms with Crippen LogP contribution in [-0.4, -0.2) is 64.1 Å². The molecule has 1 aromatic heterocycles. The summed E-state index contributed by atoms with van der Waals surface area (Å²) >= 11 is 0. The summed E-state index contributed by atoms with van der Waals surface area (Å²) in [5.41, 5.74) is 5.42. The summed E-state index contributed by atoms with van der Waals surface area (Å²) in [4.78, 5) is 32.5. The summed E-state index contributed by atoms with van der Waals surface area (Å²) in [7, 11) is 0. The van der Waals surface area contributed by atoms with Gasteiger partial charge in [-0.3, -0.25) is 9.59 Å². The number of allylic oxidation sites excluding steroid dienone is 2. The molecule has 0 spiro atoms. The van der Waals surface area contributed by atoms with Crippen molar-refractivity contribution in [1.82, 2.24) is 19.9 Å². The van der Waals surface area contributed by atoms with Gasteiger partial charge in [-0.2, -0.15) is 0 Å². The number of rotatable bonds is 9. The van der Waals surface area contributed by atoms with Crippen LogP contribution in [0.15, 0.2) is 84.9 Å². The third kappa shape index (κ3) is 6.62. The second-order valence-electron chi connectivity index (χ2n) is 11.3. The third-order valence-corrected chi connectivity index (χ3v) is 8.50. The average Bonchev–Trinajstić information content (AvgIpc) is 3.45. The Kier molecular flexibility index (Phi) is 8.79. The second kappa shape index (κ2) is 13.2. The lowest BCUT2D eigenvalue weighted by Crippen LogP contribution is -2.52. The highest BCUT2D eigenvalue weighted by Crippen LogP contribution is 2.29. The molecule has 0 radical (unpaired) electrons. The molecule has 9 heteroatoms. The van der Waals surface area contributed by atoms with Gasteiger partial charge in [0.2, 0.25) is 11.8 Å². The molecule has 1 N–H and O–H groups in total. The lowest BCUT2D eigenvalue weighted by molar-refractivity contribution is -0.142. The zero-order valence-electron chi connectivity index (χ0n) is 24.6. The number of benzene rings is 3. The van der Waals surface area contributed by atoms with Gasteiger partial charge in [0.05, 0.1) is 18.7 Å². The van der Waals surface area contributed by atoms with Gasteiger partial charge in [-0.1, -0.05) is 53.8 Å². The molecule has 2 atom stereocenters. The third-order valence-electron chi connectivity index (χ3n) is 8.50. The molecule has 3 aromatic carbocycles. The van der Waals surface area contributed by atoms with Crippen LogP contribution in [-0.2, 0) is 27.4 Å². The number of para-hydroxylation sites is 1. The van der Waals surface area contributed by atoms with Crippen LogP contribution in [0.5, 0.6) is 0 Å². The fourth-order valence-electron chi connectivity index (χ4n) is 6.07. The summed E-state index contributed by atoms with van der Waals surface area (Å²) in [6.07, 6.45) is 6.73. The Hall–Kier alpha value is -4.50. The lowest BCUT2D eigenvalue weighted by atomic mass is 9.85. The van der Waals surface area contributed by atoms with E-state index >= 15 is 0 Å². The van der Waals surface area contributed by atoms with E-state index in [-0.39, 0.29) is 24.3 Å². The van der Waals surface area contributed by atoms with Gasteiger partial charge in [-0.05, 0) is 79.6 Å². The van der Waals surface area contributed by atoms with Crippen molar-refractivity contribution in [3.05, 3.63) is 96.1 Å². The monoisotopic (exact) mass is 578 g/mol. The van der Waals surface area contributed by atoms with Crippen LogP contribution in [0.3, 0.4) is 0 Å². The molecular weight excluding hydrogens is 540 g/mol. The van der Waals surface area contributed by atoms with E-state index < -0.39 is 6.04 Å². The van der Waals surface area contributed by atoms with Gasteiger partial charge < -0.3 is 19.9 Å². The molecule has 222 valence electrons. The Bertz CT molecular complexity index is 1590. The number of aryl methyl sites for hydroxylation is 1. The van der Waals surface area contributed by atoms with Gasteiger partial charge in [0.15, 0.2) is 0 Å². The van der Waals surface area contributed by atoms with Crippen LogP contribution in [0.4, 0.5) is 11.4 Å². The van der Waals surface area contributed by atoms with Crippen LogP contribution in [0.2, 0.25) is 0 Å². The van der Waals surface area contributed by atoms with E-state index in [0.29, 0.717) is 25.4 Å². The molecule has 2 amide bonds. The summed E-state index contributed by atoms with van der Waals surface area (Å²) in [5, 5.41) is 11.7. The van der Waals surface area contributed by atoms with E-state index in [1.165, 1.54) is 0 Å². The maximum Gasteiger partial charge on any atom is 0.247 e. The number of amides is 2. The number of morpholine rings is 1. The summed E-state index contributed by atoms with van der Waals surface area (Å²) < 4.78 is 7.11. The topological polar surface area (TPSA) is 92.6 Å². The van der Waals surface area contributed by atoms with Crippen molar-refractivity contribution in [2.24, 2.45) is 5.92 Å². The molecule has 6 rings (SSSR count). The molecule has 1 aliphatic heterocycles. The van der Waals surface area contributed by atoms with E-state index in [4.69, 9.17) is 4.74 Å². The summed E-state index contributed by atoms with van der Waals surface area (Å²) in [5.74, 6) is -0.362. The molecular formula is C34H38N6O3. The predicted molar refractivity (Wildman–Crippen MR) is 168 cm³/mol. The zero-order chi connectivity index (χ0) is 29.6. The average molecular weight is 579 g/mol. The van der Waals surface area contributed by atoms with E-state index in [9.17, 15) is 9.59 Å². The number of anilines is 2. The van der Waals surface area contributed by atoms with E-state index in [1.807, 2.05) is 79.7 Å². The maximum atomic E-state index is 14.3. The Labute approximate surface area is 252 Å². The second-order valence-corrected chi connectivity index (χ2v) is 11.3. The molecule has 0 bridgehead atoms. The number of aromatic nitrogens is 3. The number of fused-ring (bicyclic) bond motifs is 1. The highest BCUT2D eigenvalue weighted by Gasteiger charge is 2.37. The van der Waals surface area contributed by atoms with Gasteiger partial charge in [0.1, 0.15) is 18.1 Å². The first kappa shape index (κ1) is 28.6. The molecule has 9 nitrogen and oxygen atoms in total. The van der Waals surface area contributed by atoms with Crippen LogP contribution in [0.25, 0.3) is 11.0 Å². The van der Waals surface area contributed by atoms with Crippen molar-refractivity contribution in [3.63, 3.8) is 0 Å². The minimum absolute atomic E-state index is 0.00696. The summed E-state index contributed by atoms with van der Waals surface area (Å²) in [6, 6.07) is 22.9. The fourth-order valence-corrected chi connectivity index (χ4v) is 6.07. The highest BCUT2D eigenvalue weighted by molar-refractivity contribution is 5.97. The first-order chi connectivity index (χ1) is 21.1. The Morgan fingerprint density at radius 1 is 1.00 bits per heavy atom. The van der Waals surface area contributed by atoms with Crippen LogP contribution in [0, 0.1) is 12.8 Å². The molecule has 1 aliphatic carbocycles. The van der Waals surface area contributed by atoms with Crippen molar-refractivity contribution in [2.75, 3.05) is 36.5 Å². The van der Waals surface area contributed by atoms with E-state index in [0.717, 1.165) is 60.2 Å². The Balaban J connectivity index is 1.30. The quantitative estimate of drug-likeness (QED) is 0.282. The number of carbonyl (C=O) groups is 2. The normalized spacial score (nSPS) is 17.5. The van der Waals surface area contributed by atoms with Crippen molar-refractivity contribution in [2.45, 2.75) is 45.3 Å². The van der Waals surface area contributed by atoms with Crippen molar-refractivity contribution in [3.8, 4) is 0 Å². The van der Waals surface area contributed by atoms with E-state index in [2.05, 4.69) is 32.7 Å². The first-order valence-electron chi connectivity index (χ1n) is 15.1. The van der Waals surface area contributed by atoms with Crippen molar-refractivity contribution in [1.29, 1.82) is 0 Å². The molecule has 1 saturated heterocycles. The number of hydrogen-bond donors (Lipinski definition) is 1. The van der Waals surface area contributed by atoms with Crippen molar-refractivity contribution >= 4 is 34.2 Å². The van der Waals surface area contributed by atoms with E-state index in [1.54, 1.807) is 9.58 Å². The van der Waals surface area contributed by atoms with Gasteiger partial charge in [-0.15, -0.1) is 5.10 Å². The SMILES string of the molecule is Cc1ccccc1CN(C(=O)Cn1nnc2ccccc21)[C@H](C(=O)Nc1ccc(N2CCOCC2)cc1)[C@@H]1CC=CCC1. The Morgan fingerprint density at radius 2 is 1.77 bits per heavy atom. The van der Waals surface area contributed by atoms with Crippen LogP contribution >= 0.6 is 0 Å². The number of carbonyl (C=O) groups excluding carboxylic acids is 2. The molecule has 4 aromatic rings. The van der Waals surface area contributed by atoms with Crippen molar-refractivity contribution < 1.29 is 14.3 Å². The smallest absolute Gasteiger partial charge is 0.247 e. The van der Waals surface area contributed by atoms with Crippen LogP contribution in [0.1, 0.15) is 30.4 Å². The molecule has 43 heavy (non-hydrogen) atoms. The minimum atomic E-state index is -0.661. The van der Waals surface area contributed by atoms with Gasteiger partial charge >= 0.3 is 0 Å². The maximum absolute atomic E-state index is 14.3. The molecule has 0 saturated carbocycles. The minimum Gasteiger partial charge on any atom is -0.378 e. The van der Waals surface area contributed by atoms with Gasteiger partial charge in [0, 0.05) is 31.0 Å². The zero-order valence-corrected chi connectivity index (χ0v) is 24.6. The van der Waals surface area contributed by atoms with Crippen LogP contribution < -0.4 is 10.2 Å².